The van der Waals surface area contributed by atoms with E-state index in [-0.39, 0.29) is 0 Å². The van der Waals surface area contributed by atoms with E-state index in [4.69, 9.17) is 10.5 Å². The van der Waals surface area contributed by atoms with Crippen molar-refractivity contribution in [1.82, 2.24) is 0 Å². The van der Waals surface area contributed by atoms with E-state index >= 15 is 0 Å². The molecule has 1 aromatic rings. The third kappa shape index (κ3) is 2.72. The smallest absolute Gasteiger partial charge is 0.119 e. The van der Waals surface area contributed by atoms with Crippen LogP contribution in [0.1, 0.15) is 24.8 Å². The molecular formula is C13H19NO. The molecule has 2 atom stereocenters. The van der Waals surface area contributed by atoms with Crippen LogP contribution < -0.4 is 10.5 Å². The molecule has 0 amide bonds. The Bertz CT molecular complexity index is 307. The highest BCUT2D eigenvalue weighted by molar-refractivity contribution is 5.26. The van der Waals surface area contributed by atoms with Gasteiger partial charge in [0.2, 0.25) is 0 Å². The van der Waals surface area contributed by atoms with E-state index < -0.39 is 0 Å². The number of hydrogen-bond acceptors (Lipinski definition) is 2. The molecule has 1 aliphatic carbocycles. The molecule has 0 radical (unpaired) electrons. The van der Waals surface area contributed by atoms with E-state index in [1.807, 2.05) is 12.1 Å². The molecule has 0 saturated heterocycles. The Balaban J connectivity index is 1.85. The van der Waals surface area contributed by atoms with Crippen LogP contribution in [0.25, 0.3) is 0 Å². The molecule has 2 heteroatoms. The summed E-state index contributed by atoms with van der Waals surface area (Å²) in [6, 6.07) is 8.54. The number of hydrogen-bond donors (Lipinski definition) is 1. The molecule has 0 aliphatic heterocycles. The lowest BCUT2D eigenvalue weighted by Gasteiger charge is -2.16. The molecule has 0 bridgehead atoms. The predicted molar refractivity (Wildman–Crippen MR) is 62.0 cm³/mol. The number of ether oxygens (including phenoxy) is 1. The van der Waals surface area contributed by atoms with Gasteiger partial charge in [-0.05, 0) is 31.9 Å². The predicted octanol–water partition coefficient (Wildman–Crippen LogP) is 2.50. The van der Waals surface area contributed by atoms with Crippen molar-refractivity contribution in [3.8, 4) is 5.75 Å². The molecule has 1 saturated carbocycles. The van der Waals surface area contributed by atoms with Crippen LogP contribution in [0.3, 0.4) is 0 Å². The molecule has 82 valence electrons. The van der Waals surface area contributed by atoms with E-state index in [1.165, 1.54) is 18.4 Å². The summed E-state index contributed by atoms with van der Waals surface area (Å²) in [6.07, 6.45) is 3.62. The van der Waals surface area contributed by atoms with Gasteiger partial charge in [0.1, 0.15) is 5.75 Å². The molecule has 0 spiro atoms. The molecule has 1 fully saturated rings. The van der Waals surface area contributed by atoms with Gasteiger partial charge >= 0.3 is 0 Å². The largest absolute Gasteiger partial charge is 0.493 e. The molecule has 2 nitrogen and oxygen atoms in total. The van der Waals surface area contributed by atoms with Gasteiger partial charge in [-0.1, -0.05) is 24.1 Å². The second-order valence-electron chi connectivity index (χ2n) is 4.48. The SMILES string of the molecule is Cc1ccc(OC[C@H]2CCC[C@@H]2N)cc1. The van der Waals surface area contributed by atoms with E-state index in [0.717, 1.165) is 18.8 Å². The molecule has 1 aliphatic rings. The third-order valence-corrected chi connectivity index (χ3v) is 3.20. The second-order valence-corrected chi connectivity index (χ2v) is 4.48. The van der Waals surface area contributed by atoms with Crippen molar-refractivity contribution in [1.29, 1.82) is 0 Å². The molecule has 2 N–H and O–H groups in total. The number of nitrogens with two attached hydrogens (primary N) is 1. The second kappa shape index (κ2) is 4.67. The van der Waals surface area contributed by atoms with Gasteiger partial charge in [0.05, 0.1) is 6.61 Å². The summed E-state index contributed by atoms with van der Waals surface area (Å²) in [5.74, 6) is 1.51. The average Bonchev–Trinajstić information content (AvgIpc) is 2.63. The molecule has 15 heavy (non-hydrogen) atoms. The van der Waals surface area contributed by atoms with Crippen LogP contribution in [0.2, 0.25) is 0 Å². The molecule has 2 rings (SSSR count). The highest BCUT2D eigenvalue weighted by Crippen LogP contribution is 2.24. The first kappa shape index (κ1) is 10.5. The molecule has 0 aromatic heterocycles. The van der Waals surface area contributed by atoms with Gasteiger partial charge in [-0.2, -0.15) is 0 Å². The first-order valence-corrected chi connectivity index (χ1v) is 5.71. The summed E-state index contributed by atoms with van der Waals surface area (Å²) in [7, 11) is 0. The van der Waals surface area contributed by atoms with Gasteiger partial charge in [-0.3, -0.25) is 0 Å². The Labute approximate surface area is 91.4 Å². The van der Waals surface area contributed by atoms with Gasteiger partial charge in [0.15, 0.2) is 0 Å². The third-order valence-electron chi connectivity index (χ3n) is 3.20. The zero-order valence-corrected chi connectivity index (χ0v) is 9.28. The monoisotopic (exact) mass is 205 g/mol. The Morgan fingerprint density at radius 3 is 2.60 bits per heavy atom. The quantitative estimate of drug-likeness (QED) is 0.823. The summed E-state index contributed by atoms with van der Waals surface area (Å²) in [4.78, 5) is 0. The van der Waals surface area contributed by atoms with E-state index in [2.05, 4.69) is 19.1 Å². The van der Waals surface area contributed by atoms with Gasteiger partial charge in [-0.25, -0.2) is 0 Å². The Morgan fingerprint density at radius 2 is 2.00 bits per heavy atom. The van der Waals surface area contributed by atoms with Crippen LogP contribution in [0, 0.1) is 12.8 Å². The van der Waals surface area contributed by atoms with Crippen molar-refractivity contribution in [3.05, 3.63) is 29.8 Å². The van der Waals surface area contributed by atoms with Crippen molar-refractivity contribution in [3.63, 3.8) is 0 Å². The Kier molecular flexibility index (Phi) is 3.27. The zero-order valence-electron chi connectivity index (χ0n) is 9.28. The minimum absolute atomic E-state index is 0.343. The fraction of sp³-hybridized carbons (Fsp3) is 0.538. The minimum atomic E-state index is 0.343. The van der Waals surface area contributed by atoms with E-state index in [9.17, 15) is 0 Å². The van der Waals surface area contributed by atoms with Crippen LogP contribution in [-0.4, -0.2) is 12.6 Å². The minimum Gasteiger partial charge on any atom is -0.493 e. The lowest BCUT2D eigenvalue weighted by atomic mass is 10.1. The molecule has 0 heterocycles. The van der Waals surface area contributed by atoms with Crippen molar-refractivity contribution in [2.45, 2.75) is 32.2 Å². The average molecular weight is 205 g/mol. The summed E-state index contributed by atoms with van der Waals surface area (Å²) < 4.78 is 5.74. The summed E-state index contributed by atoms with van der Waals surface area (Å²) >= 11 is 0. The lowest BCUT2D eigenvalue weighted by Crippen LogP contribution is -2.28. The number of aryl methyl sites for hydroxylation is 1. The summed E-state index contributed by atoms with van der Waals surface area (Å²) in [5.41, 5.74) is 7.25. The van der Waals surface area contributed by atoms with E-state index in [1.54, 1.807) is 0 Å². The van der Waals surface area contributed by atoms with Gasteiger partial charge < -0.3 is 10.5 Å². The van der Waals surface area contributed by atoms with Crippen LogP contribution in [-0.2, 0) is 0 Å². The van der Waals surface area contributed by atoms with Gasteiger partial charge in [0, 0.05) is 12.0 Å². The van der Waals surface area contributed by atoms with Gasteiger partial charge in [0.25, 0.3) is 0 Å². The van der Waals surface area contributed by atoms with Crippen LogP contribution in [0.15, 0.2) is 24.3 Å². The normalized spacial score (nSPS) is 25.5. The standard InChI is InChI=1S/C13H19NO/c1-10-5-7-12(8-6-10)15-9-11-3-2-4-13(11)14/h5-8,11,13H,2-4,9,14H2,1H3/t11-,13+/m1/s1. The van der Waals surface area contributed by atoms with Crippen molar-refractivity contribution >= 4 is 0 Å². The fourth-order valence-electron chi connectivity index (χ4n) is 2.11. The number of rotatable bonds is 3. The van der Waals surface area contributed by atoms with Crippen LogP contribution >= 0.6 is 0 Å². The lowest BCUT2D eigenvalue weighted by molar-refractivity contribution is 0.239. The van der Waals surface area contributed by atoms with E-state index in [0.29, 0.717) is 12.0 Å². The maximum Gasteiger partial charge on any atom is 0.119 e. The highest BCUT2D eigenvalue weighted by atomic mass is 16.5. The first-order valence-electron chi connectivity index (χ1n) is 5.71. The Hall–Kier alpha value is -1.02. The topological polar surface area (TPSA) is 35.2 Å². The first-order chi connectivity index (χ1) is 7.25. The summed E-state index contributed by atoms with van der Waals surface area (Å²) in [5, 5.41) is 0. The van der Waals surface area contributed by atoms with Crippen LogP contribution in [0.5, 0.6) is 5.75 Å². The molecule has 0 unspecified atom stereocenters. The maximum atomic E-state index is 5.99. The van der Waals surface area contributed by atoms with Crippen LogP contribution in [0.4, 0.5) is 0 Å². The highest BCUT2D eigenvalue weighted by Gasteiger charge is 2.24. The zero-order chi connectivity index (χ0) is 10.7. The maximum absolute atomic E-state index is 5.99. The summed E-state index contributed by atoms with van der Waals surface area (Å²) in [6.45, 7) is 2.85. The number of benzene rings is 1. The van der Waals surface area contributed by atoms with Crippen molar-refractivity contribution in [2.24, 2.45) is 11.7 Å². The van der Waals surface area contributed by atoms with Gasteiger partial charge in [-0.15, -0.1) is 0 Å². The molecule has 1 aromatic carbocycles. The fourth-order valence-corrected chi connectivity index (χ4v) is 2.11. The van der Waals surface area contributed by atoms with Crippen molar-refractivity contribution < 1.29 is 4.74 Å². The molecular weight excluding hydrogens is 186 g/mol. The van der Waals surface area contributed by atoms with Crippen molar-refractivity contribution in [2.75, 3.05) is 6.61 Å². The Morgan fingerprint density at radius 1 is 1.27 bits per heavy atom.